The molecule has 2 N–H and O–H groups in total. The lowest BCUT2D eigenvalue weighted by molar-refractivity contribution is 0.0989. The molecule has 0 fully saturated rings. The van der Waals surface area contributed by atoms with Gasteiger partial charge in [0.1, 0.15) is 5.69 Å². The van der Waals surface area contributed by atoms with Crippen LogP contribution in [0.1, 0.15) is 16.1 Å². The average molecular weight is 402 g/mol. The molecule has 0 radical (unpaired) electrons. The molecule has 31 heavy (non-hydrogen) atoms. The van der Waals surface area contributed by atoms with Gasteiger partial charge in [0.2, 0.25) is 0 Å². The van der Waals surface area contributed by atoms with Crippen LogP contribution in [0.15, 0.2) is 85.2 Å². The maximum Gasteiger partial charge on any atom is 0.183 e. The number of fused-ring (bicyclic) bond motifs is 3. The Bertz CT molecular complexity index is 1580. The summed E-state index contributed by atoms with van der Waals surface area (Å²) >= 11 is 0. The molecule has 0 saturated heterocycles. The smallest absolute Gasteiger partial charge is 0.183 e. The number of nitrogens with one attached hydrogen (secondary N) is 2. The molecule has 3 heterocycles. The van der Waals surface area contributed by atoms with Crippen molar-refractivity contribution in [2.75, 3.05) is 0 Å². The lowest BCUT2D eigenvalue weighted by Gasteiger charge is -2.02. The number of H-pyrrole nitrogens is 2. The van der Waals surface area contributed by atoms with Crippen molar-refractivity contribution in [2.45, 2.75) is 6.42 Å². The molecule has 5 heteroatoms. The van der Waals surface area contributed by atoms with E-state index < -0.39 is 0 Å². The minimum absolute atomic E-state index is 0.0719. The highest BCUT2D eigenvalue weighted by Gasteiger charge is 2.14. The molecule has 0 bridgehead atoms. The van der Waals surface area contributed by atoms with Crippen molar-refractivity contribution in [3.63, 3.8) is 0 Å². The van der Waals surface area contributed by atoms with Crippen molar-refractivity contribution in [3.8, 4) is 11.3 Å². The van der Waals surface area contributed by atoms with E-state index in [1.807, 2.05) is 42.5 Å². The minimum Gasteiger partial charge on any atom is -0.352 e. The second-order valence-electron chi connectivity index (χ2n) is 7.76. The zero-order valence-electron chi connectivity index (χ0n) is 16.6. The number of aromatic nitrogens is 4. The lowest BCUT2D eigenvalue weighted by Crippen LogP contribution is -2.03. The van der Waals surface area contributed by atoms with E-state index in [1.165, 1.54) is 5.39 Å². The SMILES string of the molecule is O=C(Cc1ccc2ccccc2c1)c1cc2cc3c(-c4ccncc4)n[nH]c3cc2[nH]1. The fraction of sp³-hybridized carbons (Fsp3) is 0.0385. The molecule has 3 aromatic heterocycles. The summed E-state index contributed by atoms with van der Waals surface area (Å²) in [6.07, 6.45) is 3.88. The molecule has 0 aliphatic heterocycles. The number of carbonyl (C=O) groups is 1. The fourth-order valence-electron chi connectivity index (χ4n) is 4.15. The first-order chi connectivity index (χ1) is 15.2. The van der Waals surface area contributed by atoms with E-state index in [0.29, 0.717) is 12.1 Å². The summed E-state index contributed by atoms with van der Waals surface area (Å²) in [6, 6.07) is 24.3. The minimum atomic E-state index is 0.0719. The van der Waals surface area contributed by atoms with Crippen LogP contribution in [-0.2, 0) is 6.42 Å². The highest BCUT2D eigenvalue weighted by atomic mass is 16.1. The first-order valence-electron chi connectivity index (χ1n) is 10.2. The zero-order chi connectivity index (χ0) is 20.8. The van der Waals surface area contributed by atoms with Crippen LogP contribution in [0, 0.1) is 0 Å². The van der Waals surface area contributed by atoms with Gasteiger partial charge in [-0.3, -0.25) is 14.9 Å². The van der Waals surface area contributed by atoms with Crippen LogP contribution in [0.25, 0.3) is 43.8 Å². The Balaban J connectivity index is 1.35. The molecule has 0 unspecified atom stereocenters. The maximum absolute atomic E-state index is 13.0. The van der Waals surface area contributed by atoms with Gasteiger partial charge in [-0.15, -0.1) is 0 Å². The molecule has 148 valence electrons. The molecule has 0 aliphatic carbocycles. The number of benzene rings is 3. The van der Waals surface area contributed by atoms with Gasteiger partial charge < -0.3 is 4.98 Å². The van der Waals surface area contributed by atoms with Crippen molar-refractivity contribution in [3.05, 3.63) is 96.4 Å². The monoisotopic (exact) mass is 402 g/mol. The van der Waals surface area contributed by atoms with Crippen molar-refractivity contribution >= 4 is 38.4 Å². The quantitative estimate of drug-likeness (QED) is 0.372. The molecule has 0 spiro atoms. The number of ketones is 1. The summed E-state index contributed by atoms with van der Waals surface area (Å²) in [7, 11) is 0. The molecule has 0 aliphatic rings. The standard InChI is InChI=1S/C26H18N4O/c31-25(12-16-5-6-17-3-1-2-4-19(17)11-16)24-14-20-13-21-23(15-22(20)28-24)29-30-26(21)18-7-9-27-10-8-18/h1-11,13-15,28H,12H2,(H,29,30). The first-order valence-corrected chi connectivity index (χ1v) is 10.2. The third-order valence-electron chi connectivity index (χ3n) is 5.73. The Hall–Kier alpha value is -4.25. The van der Waals surface area contributed by atoms with Crippen LogP contribution in [0.3, 0.4) is 0 Å². The average Bonchev–Trinajstić information content (AvgIpc) is 3.41. The Morgan fingerprint density at radius 1 is 0.806 bits per heavy atom. The molecule has 6 rings (SSSR count). The van der Waals surface area contributed by atoms with Crippen LogP contribution in [0.4, 0.5) is 0 Å². The Kier molecular flexibility index (Phi) is 3.93. The second-order valence-corrected chi connectivity index (χ2v) is 7.76. The summed E-state index contributed by atoms with van der Waals surface area (Å²) < 4.78 is 0. The van der Waals surface area contributed by atoms with Gasteiger partial charge in [0.15, 0.2) is 5.78 Å². The molecule has 5 nitrogen and oxygen atoms in total. The van der Waals surface area contributed by atoms with Crippen LogP contribution in [0.5, 0.6) is 0 Å². The molecular weight excluding hydrogens is 384 g/mol. The van der Waals surface area contributed by atoms with Crippen molar-refractivity contribution < 1.29 is 4.79 Å². The molecule has 3 aromatic carbocycles. The number of carbonyl (C=O) groups excluding carboxylic acids is 1. The van der Waals surface area contributed by atoms with Crippen molar-refractivity contribution in [2.24, 2.45) is 0 Å². The van der Waals surface area contributed by atoms with Gasteiger partial charge in [-0.05, 0) is 46.7 Å². The van der Waals surface area contributed by atoms with E-state index in [2.05, 4.69) is 50.5 Å². The fourth-order valence-corrected chi connectivity index (χ4v) is 4.15. The number of aromatic amines is 2. The number of Topliss-reactive ketones (excluding diaryl/α,β-unsaturated/α-hetero) is 1. The van der Waals surface area contributed by atoms with Crippen molar-refractivity contribution in [1.29, 1.82) is 0 Å². The number of hydrogen-bond acceptors (Lipinski definition) is 3. The van der Waals surface area contributed by atoms with Crippen LogP contribution < -0.4 is 0 Å². The Morgan fingerprint density at radius 3 is 2.52 bits per heavy atom. The summed E-state index contributed by atoms with van der Waals surface area (Å²) in [5, 5.41) is 11.9. The van der Waals surface area contributed by atoms with Gasteiger partial charge in [-0.2, -0.15) is 5.10 Å². The Morgan fingerprint density at radius 2 is 1.65 bits per heavy atom. The van der Waals surface area contributed by atoms with Crippen LogP contribution in [0.2, 0.25) is 0 Å². The Labute approximate surface area is 177 Å². The van der Waals surface area contributed by atoms with E-state index in [9.17, 15) is 4.79 Å². The largest absolute Gasteiger partial charge is 0.352 e. The predicted octanol–water partition coefficient (Wildman–Crippen LogP) is 5.68. The molecule has 0 saturated carbocycles. The molecule has 0 atom stereocenters. The van der Waals surface area contributed by atoms with Gasteiger partial charge in [0.25, 0.3) is 0 Å². The summed E-state index contributed by atoms with van der Waals surface area (Å²) in [5.74, 6) is 0.0719. The molecule has 6 aromatic rings. The number of hydrogen-bond donors (Lipinski definition) is 2. The summed E-state index contributed by atoms with van der Waals surface area (Å²) in [5.41, 5.74) is 5.36. The second kappa shape index (κ2) is 6.92. The zero-order valence-corrected chi connectivity index (χ0v) is 16.6. The molecule has 0 amide bonds. The number of pyridine rings is 1. The third kappa shape index (κ3) is 3.07. The highest BCUT2D eigenvalue weighted by molar-refractivity contribution is 6.06. The first kappa shape index (κ1) is 17.6. The van der Waals surface area contributed by atoms with Gasteiger partial charge >= 0.3 is 0 Å². The summed E-state index contributed by atoms with van der Waals surface area (Å²) in [6.45, 7) is 0. The number of nitrogens with zero attached hydrogens (tertiary/aromatic N) is 2. The van der Waals surface area contributed by atoms with E-state index in [0.717, 1.165) is 44.0 Å². The van der Waals surface area contributed by atoms with E-state index in [-0.39, 0.29) is 5.78 Å². The van der Waals surface area contributed by atoms with Gasteiger partial charge in [-0.1, -0.05) is 42.5 Å². The lowest BCUT2D eigenvalue weighted by atomic mass is 10.0. The predicted molar refractivity (Wildman–Crippen MR) is 123 cm³/mol. The summed E-state index contributed by atoms with van der Waals surface area (Å²) in [4.78, 5) is 20.3. The third-order valence-corrected chi connectivity index (χ3v) is 5.73. The van der Waals surface area contributed by atoms with Gasteiger partial charge in [0.05, 0.1) is 11.2 Å². The van der Waals surface area contributed by atoms with Gasteiger partial charge in [-0.25, -0.2) is 0 Å². The van der Waals surface area contributed by atoms with E-state index in [1.54, 1.807) is 12.4 Å². The highest BCUT2D eigenvalue weighted by Crippen LogP contribution is 2.30. The van der Waals surface area contributed by atoms with Crippen LogP contribution in [-0.4, -0.2) is 25.9 Å². The maximum atomic E-state index is 13.0. The normalized spacial score (nSPS) is 11.5. The van der Waals surface area contributed by atoms with E-state index >= 15 is 0 Å². The number of rotatable bonds is 4. The van der Waals surface area contributed by atoms with Gasteiger partial charge in [0, 0.05) is 40.7 Å². The van der Waals surface area contributed by atoms with E-state index in [4.69, 9.17) is 0 Å². The molecular formula is C26H18N4O. The van der Waals surface area contributed by atoms with Crippen LogP contribution >= 0.6 is 0 Å². The topological polar surface area (TPSA) is 74.4 Å². The van der Waals surface area contributed by atoms with Crippen molar-refractivity contribution in [1.82, 2.24) is 20.2 Å².